The van der Waals surface area contributed by atoms with Gasteiger partial charge in [0.05, 0.1) is 21.3 Å². The van der Waals surface area contributed by atoms with Crippen LogP contribution in [0.1, 0.15) is 17.3 Å². The summed E-state index contributed by atoms with van der Waals surface area (Å²) >= 11 is 11.9. The molecule has 5 nitrogen and oxygen atoms in total. The van der Waals surface area contributed by atoms with Crippen molar-refractivity contribution in [2.45, 2.75) is 13.0 Å². The molecule has 0 radical (unpaired) electrons. The number of carbonyl (C=O) groups excluding carboxylic acids is 2. The van der Waals surface area contributed by atoms with Crippen molar-refractivity contribution in [3.8, 4) is 0 Å². The summed E-state index contributed by atoms with van der Waals surface area (Å²) in [5.74, 6) is -1.10. The van der Waals surface area contributed by atoms with Gasteiger partial charge in [0.25, 0.3) is 5.91 Å². The maximum Gasteiger partial charge on any atom is 0.341 e. The zero-order valence-corrected chi connectivity index (χ0v) is 14.6. The molecule has 0 aliphatic rings. The van der Waals surface area contributed by atoms with Crippen LogP contribution in [-0.2, 0) is 9.53 Å². The number of benzene rings is 2. The molecule has 2 aromatic carbocycles. The molecule has 126 valence electrons. The molecule has 1 atom stereocenters. The Morgan fingerprint density at radius 1 is 1.04 bits per heavy atom. The van der Waals surface area contributed by atoms with Crippen LogP contribution >= 0.6 is 23.2 Å². The molecule has 0 heterocycles. The molecule has 0 spiro atoms. The Balaban J connectivity index is 2.06. The van der Waals surface area contributed by atoms with Gasteiger partial charge < -0.3 is 15.4 Å². The normalized spacial score (nSPS) is 11.5. The molecular formula is C17H16Cl2N2O3. The molecule has 2 rings (SSSR count). The van der Waals surface area contributed by atoms with E-state index >= 15 is 0 Å². The van der Waals surface area contributed by atoms with E-state index in [9.17, 15) is 9.59 Å². The number of esters is 1. The minimum absolute atomic E-state index is 0.228. The van der Waals surface area contributed by atoms with E-state index in [4.69, 9.17) is 27.9 Å². The van der Waals surface area contributed by atoms with Crippen LogP contribution in [0.2, 0.25) is 10.0 Å². The summed E-state index contributed by atoms with van der Waals surface area (Å²) in [5, 5.41) is 6.04. The van der Waals surface area contributed by atoms with Crippen molar-refractivity contribution in [2.24, 2.45) is 0 Å². The molecule has 0 fully saturated rings. The molecule has 0 aliphatic heterocycles. The summed E-state index contributed by atoms with van der Waals surface area (Å²) in [7, 11) is 1.70. The monoisotopic (exact) mass is 366 g/mol. The third-order valence-corrected chi connectivity index (χ3v) is 4.10. The lowest BCUT2D eigenvalue weighted by atomic mass is 10.2. The van der Waals surface area contributed by atoms with Gasteiger partial charge in [0, 0.05) is 12.7 Å². The summed E-state index contributed by atoms with van der Waals surface area (Å²) in [6.45, 7) is 1.48. The average molecular weight is 367 g/mol. The minimum Gasteiger partial charge on any atom is -0.449 e. The number of ether oxygens (including phenoxy) is 1. The van der Waals surface area contributed by atoms with Crippen molar-refractivity contribution in [2.75, 3.05) is 17.7 Å². The molecule has 0 aliphatic carbocycles. The zero-order valence-electron chi connectivity index (χ0n) is 13.1. The first-order chi connectivity index (χ1) is 11.4. The summed E-state index contributed by atoms with van der Waals surface area (Å²) in [6.07, 6.45) is -1.00. The van der Waals surface area contributed by atoms with E-state index in [1.54, 1.807) is 49.5 Å². The standard InChI is InChI=1S/C17H16Cl2N2O3/c1-10(16(22)21-14-9-5-7-12(18)15(14)19)24-17(23)11-6-3-4-8-13(11)20-2/h3-10,20H,1-2H3,(H,21,22)/t10-/m0/s1. The number of halogens is 2. The van der Waals surface area contributed by atoms with Crippen LogP contribution in [0.25, 0.3) is 0 Å². The molecule has 0 saturated heterocycles. The molecular weight excluding hydrogens is 351 g/mol. The summed E-state index contributed by atoms with van der Waals surface area (Å²) < 4.78 is 5.22. The van der Waals surface area contributed by atoms with Gasteiger partial charge in [0.15, 0.2) is 6.10 Å². The predicted octanol–water partition coefficient (Wildman–Crippen LogP) is 4.22. The number of hydrogen-bond acceptors (Lipinski definition) is 4. The second kappa shape index (κ2) is 8.04. The fourth-order valence-electron chi connectivity index (χ4n) is 1.99. The second-order valence-electron chi connectivity index (χ2n) is 4.93. The number of rotatable bonds is 5. The van der Waals surface area contributed by atoms with Gasteiger partial charge in [0.2, 0.25) is 0 Å². The van der Waals surface area contributed by atoms with Crippen LogP contribution in [0, 0.1) is 0 Å². The minimum atomic E-state index is -1.00. The maximum atomic E-state index is 12.2. The first-order valence-electron chi connectivity index (χ1n) is 7.16. The van der Waals surface area contributed by atoms with E-state index in [0.717, 1.165) is 0 Å². The Hall–Kier alpha value is -2.24. The van der Waals surface area contributed by atoms with Gasteiger partial charge >= 0.3 is 5.97 Å². The highest BCUT2D eigenvalue weighted by Crippen LogP contribution is 2.29. The molecule has 1 amide bonds. The van der Waals surface area contributed by atoms with Crippen molar-refractivity contribution in [3.63, 3.8) is 0 Å². The van der Waals surface area contributed by atoms with Crippen LogP contribution in [0.15, 0.2) is 42.5 Å². The average Bonchev–Trinajstić information content (AvgIpc) is 2.58. The fraction of sp³-hybridized carbons (Fsp3) is 0.176. The Kier molecular flexibility index (Phi) is 6.06. The van der Waals surface area contributed by atoms with Gasteiger partial charge in [-0.05, 0) is 31.2 Å². The number of para-hydroxylation sites is 1. The Morgan fingerprint density at radius 3 is 2.42 bits per heavy atom. The second-order valence-corrected chi connectivity index (χ2v) is 5.72. The topological polar surface area (TPSA) is 67.4 Å². The predicted molar refractivity (Wildman–Crippen MR) is 96.0 cm³/mol. The van der Waals surface area contributed by atoms with E-state index in [1.165, 1.54) is 6.92 Å². The van der Waals surface area contributed by atoms with Gasteiger partial charge in [-0.1, -0.05) is 41.4 Å². The van der Waals surface area contributed by atoms with E-state index in [2.05, 4.69) is 10.6 Å². The third-order valence-electron chi connectivity index (χ3n) is 3.28. The summed E-state index contributed by atoms with van der Waals surface area (Å²) in [5.41, 5.74) is 1.32. The number of hydrogen-bond donors (Lipinski definition) is 2. The molecule has 7 heteroatoms. The summed E-state index contributed by atoms with van der Waals surface area (Å²) in [6, 6.07) is 11.7. The Labute approximate surface area is 149 Å². The smallest absolute Gasteiger partial charge is 0.341 e. The van der Waals surface area contributed by atoms with E-state index in [1.807, 2.05) is 0 Å². The third kappa shape index (κ3) is 4.19. The van der Waals surface area contributed by atoms with Crippen LogP contribution in [0.3, 0.4) is 0 Å². The SMILES string of the molecule is CNc1ccccc1C(=O)O[C@@H](C)C(=O)Nc1cccc(Cl)c1Cl. The number of nitrogens with one attached hydrogen (secondary N) is 2. The van der Waals surface area contributed by atoms with E-state index in [-0.39, 0.29) is 5.02 Å². The van der Waals surface area contributed by atoms with Crippen LogP contribution < -0.4 is 10.6 Å². The van der Waals surface area contributed by atoms with Crippen molar-refractivity contribution < 1.29 is 14.3 Å². The lowest BCUT2D eigenvalue weighted by Gasteiger charge is -2.15. The van der Waals surface area contributed by atoms with Gasteiger partial charge in [-0.2, -0.15) is 0 Å². The van der Waals surface area contributed by atoms with E-state index < -0.39 is 18.0 Å². The van der Waals surface area contributed by atoms with Crippen LogP contribution in [0.4, 0.5) is 11.4 Å². The quantitative estimate of drug-likeness (QED) is 0.777. The van der Waals surface area contributed by atoms with Gasteiger partial charge in [-0.3, -0.25) is 4.79 Å². The molecule has 24 heavy (non-hydrogen) atoms. The van der Waals surface area contributed by atoms with Crippen LogP contribution in [0.5, 0.6) is 0 Å². The van der Waals surface area contributed by atoms with Gasteiger partial charge in [-0.15, -0.1) is 0 Å². The van der Waals surface area contributed by atoms with E-state index in [0.29, 0.717) is 22.0 Å². The first kappa shape index (κ1) is 18.1. The van der Waals surface area contributed by atoms with Gasteiger partial charge in [0.1, 0.15) is 0 Å². The fourth-order valence-corrected chi connectivity index (χ4v) is 2.34. The van der Waals surface area contributed by atoms with Crippen molar-refractivity contribution in [3.05, 3.63) is 58.1 Å². The molecule has 0 aromatic heterocycles. The number of anilines is 2. The highest BCUT2D eigenvalue weighted by atomic mass is 35.5. The molecule has 0 bridgehead atoms. The zero-order chi connectivity index (χ0) is 17.7. The highest BCUT2D eigenvalue weighted by Gasteiger charge is 2.21. The van der Waals surface area contributed by atoms with Gasteiger partial charge in [-0.25, -0.2) is 4.79 Å². The van der Waals surface area contributed by atoms with Crippen molar-refractivity contribution in [1.82, 2.24) is 0 Å². The lowest BCUT2D eigenvalue weighted by Crippen LogP contribution is -2.30. The largest absolute Gasteiger partial charge is 0.449 e. The Bertz CT molecular complexity index is 765. The number of amides is 1. The maximum absolute atomic E-state index is 12.2. The van der Waals surface area contributed by atoms with Crippen molar-refractivity contribution in [1.29, 1.82) is 0 Å². The molecule has 2 N–H and O–H groups in total. The molecule has 0 saturated carbocycles. The number of carbonyl (C=O) groups is 2. The van der Waals surface area contributed by atoms with Crippen LogP contribution in [-0.4, -0.2) is 25.0 Å². The Morgan fingerprint density at radius 2 is 1.71 bits per heavy atom. The lowest BCUT2D eigenvalue weighted by molar-refractivity contribution is -0.123. The van der Waals surface area contributed by atoms with Crippen molar-refractivity contribution >= 4 is 46.5 Å². The highest BCUT2D eigenvalue weighted by molar-refractivity contribution is 6.44. The first-order valence-corrected chi connectivity index (χ1v) is 7.92. The molecule has 0 unspecified atom stereocenters. The molecule has 2 aromatic rings. The summed E-state index contributed by atoms with van der Waals surface area (Å²) in [4.78, 5) is 24.4.